The summed E-state index contributed by atoms with van der Waals surface area (Å²) in [4.78, 5) is 23.8. The van der Waals surface area contributed by atoms with Crippen LogP contribution in [0.4, 0.5) is 4.79 Å². The van der Waals surface area contributed by atoms with E-state index in [4.69, 9.17) is 0 Å². The van der Waals surface area contributed by atoms with Gasteiger partial charge in [-0.25, -0.2) is 4.79 Å². The fourth-order valence-corrected chi connectivity index (χ4v) is 2.43. The molecule has 0 aliphatic rings. The van der Waals surface area contributed by atoms with Crippen LogP contribution in [0.3, 0.4) is 0 Å². The normalized spacial score (nSPS) is 12.7. The number of benzene rings is 1. The zero-order valence-corrected chi connectivity index (χ0v) is 13.4. The summed E-state index contributed by atoms with van der Waals surface area (Å²) < 4.78 is 0. The number of rotatable bonds is 3. The molecule has 0 unspecified atom stereocenters. The average Bonchev–Trinajstić information content (AvgIpc) is 2.38. The number of hydrogen-bond acceptors (Lipinski definition) is 3. The molecule has 0 radical (unpaired) electrons. The third-order valence-corrected chi connectivity index (χ3v) is 3.98. The number of urea groups is 1. The first-order valence-corrected chi connectivity index (χ1v) is 7.42. The molecule has 4 nitrogen and oxygen atoms in total. The van der Waals surface area contributed by atoms with Crippen molar-refractivity contribution in [2.75, 3.05) is 7.05 Å². The topological polar surface area (TPSA) is 58.2 Å². The summed E-state index contributed by atoms with van der Waals surface area (Å²) in [7, 11) is 1.48. The standard InChI is InChI=1S/C15H22N2O2S/c1-10(13(18)17-14(19)16-5)20-12-8-6-11(7-9-12)15(2,3)4/h6-10H,1-5H3,(H2,16,17,18,19)/t10-/m1/s1. The smallest absolute Gasteiger partial charge is 0.321 e. The number of carbonyl (C=O) groups excluding carboxylic acids is 2. The molecule has 0 saturated heterocycles. The second-order valence-electron chi connectivity index (χ2n) is 5.60. The lowest BCUT2D eigenvalue weighted by Gasteiger charge is -2.19. The van der Waals surface area contributed by atoms with Crippen molar-refractivity contribution in [2.24, 2.45) is 0 Å². The van der Waals surface area contributed by atoms with E-state index in [0.717, 1.165) is 4.90 Å². The van der Waals surface area contributed by atoms with Crippen molar-refractivity contribution in [3.05, 3.63) is 29.8 Å². The Kier molecular flexibility index (Phi) is 5.62. The average molecular weight is 294 g/mol. The Balaban J connectivity index is 2.64. The Bertz CT molecular complexity index is 478. The van der Waals surface area contributed by atoms with E-state index in [1.165, 1.54) is 24.4 Å². The SMILES string of the molecule is CNC(=O)NC(=O)[C@@H](C)Sc1ccc(C(C)(C)C)cc1. The Morgan fingerprint density at radius 1 is 1.15 bits per heavy atom. The molecule has 1 atom stereocenters. The minimum atomic E-state index is -0.481. The molecule has 3 amide bonds. The lowest BCUT2D eigenvalue weighted by atomic mass is 9.87. The van der Waals surface area contributed by atoms with E-state index in [2.05, 4.69) is 43.5 Å². The Hall–Kier alpha value is -1.49. The van der Waals surface area contributed by atoms with Crippen molar-refractivity contribution in [3.8, 4) is 0 Å². The van der Waals surface area contributed by atoms with Crippen LogP contribution in [-0.4, -0.2) is 24.2 Å². The summed E-state index contributed by atoms with van der Waals surface area (Å²) in [5, 5.41) is 4.31. The van der Waals surface area contributed by atoms with Crippen LogP contribution in [0.1, 0.15) is 33.3 Å². The van der Waals surface area contributed by atoms with Crippen LogP contribution >= 0.6 is 11.8 Å². The van der Waals surface area contributed by atoms with Gasteiger partial charge in [-0.2, -0.15) is 0 Å². The maximum Gasteiger partial charge on any atom is 0.321 e. The third kappa shape index (κ3) is 4.89. The maximum atomic E-state index is 11.8. The van der Waals surface area contributed by atoms with Gasteiger partial charge in [0.1, 0.15) is 0 Å². The highest BCUT2D eigenvalue weighted by Crippen LogP contribution is 2.27. The fraction of sp³-hybridized carbons (Fsp3) is 0.467. The highest BCUT2D eigenvalue weighted by atomic mass is 32.2. The summed E-state index contributed by atoms with van der Waals surface area (Å²) in [6.45, 7) is 8.26. The van der Waals surface area contributed by atoms with E-state index in [1.54, 1.807) is 6.92 Å². The Labute approximate surface area is 124 Å². The number of amides is 3. The van der Waals surface area contributed by atoms with E-state index >= 15 is 0 Å². The van der Waals surface area contributed by atoms with Crippen molar-refractivity contribution in [3.63, 3.8) is 0 Å². The maximum absolute atomic E-state index is 11.8. The first kappa shape index (κ1) is 16.6. The molecule has 1 aromatic rings. The number of thioether (sulfide) groups is 1. The van der Waals surface area contributed by atoms with Crippen LogP contribution in [0, 0.1) is 0 Å². The van der Waals surface area contributed by atoms with Gasteiger partial charge in [0.05, 0.1) is 5.25 Å². The zero-order valence-electron chi connectivity index (χ0n) is 12.6. The van der Waals surface area contributed by atoms with Crippen molar-refractivity contribution < 1.29 is 9.59 Å². The number of hydrogen-bond donors (Lipinski definition) is 2. The number of imide groups is 1. The van der Waals surface area contributed by atoms with Crippen LogP contribution in [0.2, 0.25) is 0 Å². The van der Waals surface area contributed by atoms with E-state index in [-0.39, 0.29) is 16.6 Å². The first-order chi connectivity index (χ1) is 9.24. The Morgan fingerprint density at radius 2 is 1.70 bits per heavy atom. The van der Waals surface area contributed by atoms with E-state index in [0.29, 0.717) is 0 Å². The second-order valence-corrected chi connectivity index (χ2v) is 7.02. The van der Waals surface area contributed by atoms with Crippen LogP contribution < -0.4 is 10.6 Å². The molecule has 2 N–H and O–H groups in total. The molecular weight excluding hydrogens is 272 g/mol. The van der Waals surface area contributed by atoms with Gasteiger partial charge >= 0.3 is 6.03 Å². The first-order valence-electron chi connectivity index (χ1n) is 6.54. The summed E-state index contributed by atoms with van der Waals surface area (Å²) in [6, 6.07) is 7.69. The lowest BCUT2D eigenvalue weighted by Crippen LogP contribution is -2.41. The highest BCUT2D eigenvalue weighted by Gasteiger charge is 2.17. The third-order valence-electron chi connectivity index (χ3n) is 2.87. The molecule has 0 spiro atoms. The van der Waals surface area contributed by atoms with Gasteiger partial charge in [-0.1, -0.05) is 32.9 Å². The van der Waals surface area contributed by atoms with Crippen LogP contribution in [0.5, 0.6) is 0 Å². The molecular formula is C15H22N2O2S. The van der Waals surface area contributed by atoms with Gasteiger partial charge in [-0.15, -0.1) is 11.8 Å². The Morgan fingerprint density at radius 3 is 2.15 bits per heavy atom. The highest BCUT2D eigenvalue weighted by molar-refractivity contribution is 8.00. The molecule has 5 heteroatoms. The second kappa shape index (κ2) is 6.79. The van der Waals surface area contributed by atoms with Crippen LogP contribution in [-0.2, 0) is 10.2 Å². The van der Waals surface area contributed by atoms with Crippen molar-refractivity contribution >= 4 is 23.7 Å². The molecule has 0 fully saturated rings. The molecule has 0 heterocycles. The van der Waals surface area contributed by atoms with Gasteiger partial charge in [-0.3, -0.25) is 10.1 Å². The molecule has 0 saturated carbocycles. The zero-order chi connectivity index (χ0) is 15.3. The van der Waals surface area contributed by atoms with Crippen LogP contribution in [0.15, 0.2) is 29.2 Å². The molecule has 0 bridgehead atoms. The van der Waals surface area contributed by atoms with Gasteiger partial charge in [-0.05, 0) is 30.0 Å². The predicted molar refractivity (Wildman–Crippen MR) is 83.1 cm³/mol. The van der Waals surface area contributed by atoms with E-state index in [9.17, 15) is 9.59 Å². The minimum absolute atomic E-state index is 0.116. The molecule has 0 aromatic heterocycles. The van der Waals surface area contributed by atoms with E-state index < -0.39 is 6.03 Å². The van der Waals surface area contributed by atoms with E-state index in [1.807, 2.05) is 12.1 Å². The summed E-state index contributed by atoms with van der Waals surface area (Å²) >= 11 is 1.43. The number of nitrogens with one attached hydrogen (secondary N) is 2. The van der Waals surface area contributed by atoms with Gasteiger partial charge in [0.2, 0.25) is 5.91 Å². The minimum Gasteiger partial charge on any atom is -0.341 e. The van der Waals surface area contributed by atoms with Gasteiger partial charge in [0.25, 0.3) is 0 Å². The van der Waals surface area contributed by atoms with Crippen molar-refractivity contribution in [2.45, 2.75) is 43.3 Å². The monoisotopic (exact) mass is 294 g/mol. The van der Waals surface area contributed by atoms with Crippen molar-refractivity contribution in [1.29, 1.82) is 0 Å². The summed E-state index contributed by atoms with van der Waals surface area (Å²) in [5.41, 5.74) is 1.37. The molecule has 0 aliphatic carbocycles. The molecule has 110 valence electrons. The molecule has 0 aliphatic heterocycles. The quantitative estimate of drug-likeness (QED) is 0.843. The molecule has 1 rings (SSSR count). The van der Waals surface area contributed by atoms with Gasteiger partial charge in [0, 0.05) is 11.9 Å². The fourth-order valence-electron chi connectivity index (χ4n) is 1.57. The molecule has 20 heavy (non-hydrogen) atoms. The van der Waals surface area contributed by atoms with Crippen molar-refractivity contribution in [1.82, 2.24) is 10.6 Å². The summed E-state index contributed by atoms with van der Waals surface area (Å²) in [5.74, 6) is -0.297. The predicted octanol–water partition coefficient (Wildman–Crippen LogP) is 2.92. The van der Waals surface area contributed by atoms with Gasteiger partial charge < -0.3 is 5.32 Å². The summed E-state index contributed by atoms with van der Waals surface area (Å²) in [6.07, 6.45) is 0. The van der Waals surface area contributed by atoms with Gasteiger partial charge in [0.15, 0.2) is 0 Å². The van der Waals surface area contributed by atoms with Crippen LogP contribution in [0.25, 0.3) is 0 Å². The lowest BCUT2D eigenvalue weighted by molar-refractivity contribution is -0.119. The largest absolute Gasteiger partial charge is 0.341 e. The number of carbonyl (C=O) groups is 2. The molecule has 1 aromatic carbocycles.